The highest BCUT2D eigenvalue weighted by Gasteiger charge is 1.94. The standard InChI is InChI=1S/C15H16N2O2/c1-18-8-9-19-7-3-2-4-13-5-6-15-14(10-13)11-16-12-17-15/h5-6,10-12H,3,7-9H2,1H3. The van der Waals surface area contributed by atoms with Gasteiger partial charge in [0.05, 0.1) is 25.3 Å². The van der Waals surface area contributed by atoms with Gasteiger partial charge in [-0.3, -0.25) is 0 Å². The van der Waals surface area contributed by atoms with E-state index >= 15 is 0 Å². The van der Waals surface area contributed by atoms with Crippen LogP contribution in [-0.4, -0.2) is 36.9 Å². The third-order valence-corrected chi connectivity index (χ3v) is 2.54. The van der Waals surface area contributed by atoms with E-state index in [1.807, 2.05) is 18.2 Å². The normalized spacial score (nSPS) is 10.2. The van der Waals surface area contributed by atoms with E-state index in [9.17, 15) is 0 Å². The Kier molecular flexibility index (Phi) is 5.30. The van der Waals surface area contributed by atoms with Crippen molar-refractivity contribution in [1.29, 1.82) is 0 Å². The summed E-state index contributed by atoms with van der Waals surface area (Å²) in [5.41, 5.74) is 1.91. The fourth-order valence-corrected chi connectivity index (χ4v) is 1.59. The van der Waals surface area contributed by atoms with E-state index < -0.39 is 0 Å². The maximum absolute atomic E-state index is 5.33. The Balaban J connectivity index is 1.87. The van der Waals surface area contributed by atoms with E-state index in [2.05, 4.69) is 21.8 Å². The number of nitrogens with zero attached hydrogens (tertiary/aromatic N) is 2. The lowest BCUT2D eigenvalue weighted by Gasteiger charge is -1.99. The van der Waals surface area contributed by atoms with Gasteiger partial charge in [-0.2, -0.15) is 0 Å². The number of hydrogen-bond donors (Lipinski definition) is 0. The summed E-state index contributed by atoms with van der Waals surface area (Å²) < 4.78 is 10.2. The Morgan fingerprint density at radius 3 is 3.05 bits per heavy atom. The fourth-order valence-electron chi connectivity index (χ4n) is 1.59. The van der Waals surface area contributed by atoms with Crippen LogP contribution in [0, 0.1) is 11.8 Å². The zero-order chi connectivity index (χ0) is 13.3. The molecule has 0 unspecified atom stereocenters. The van der Waals surface area contributed by atoms with Crippen molar-refractivity contribution >= 4 is 10.9 Å². The second kappa shape index (κ2) is 7.47. The quantitative estimate of drug-likeness (QED) is 0.606. The summed E-state index contributed by atoms with van der Waals surface area (Å²) in [5, 5.41) is 1.01. The van der Waals surface area contributed by atoms with Gasteiger partial charge < -0.3 is 9.47 Å². The van der Waals surface area contributed by atoms with E-state index in [1.54, 1.807) is 19.6 Å². The Hall–Kier alpha value is -1.96. The number of methoxy groups -OCH3 is 1. The van der Waals surface area contributed by atoms with Gasteiger partial charge in [-0.15, -0.1) is 0 Å². The molecule has 1 heterocycles. The molecule has 2 rings (SSSR count). The van der Waals surface area contributed by atoms with Crippen LogP contribution in [0.2, 0.25) is 0 Å². The molecule has 4 heteroatoms. The molecule has 0 N–H and O–H groups in total. The Morgan fingerprint density at radius 2 is 2.16 bits per heavy atom. The molecule has 1 aromatic heterocycles. The first-order valence-electron chi connectivity index (χ1n) is 6.15. The number of rotatable bonds is 5. The van der Waals surface area contributed by atoms with Crippen molar-refractivity contribution in [3.63, 3.8) is 0 Å². The van der Waals surface area contributed by atoms with E-state index in [1.165, 1.54) is 0 Å². The zero-order valence-electron chi connectivity index (χ0n) is 10.9. The lowest BCUT2D eigenvalue weighted by atomic mass is 10.1. The van der Waals surface area contributed by atoms with Crippen molar-refractivity contribution in [3.8, 4) is 11.8 Å². The Bertz CT molecular complexity index is 587. The molecule has 0 atom stereocenters. The molecule has 1 aromatic carbocycles. The molecule has 4 nitrogen and oxygen atoms in total. The minimum atomic E-state index is 0.617. The predicted molar refractivity (Wildman–Crippen MR) is 73.7 cm³/mol. The van der Waals surface area contributed by atoms with Gasteiger partial charge in [0.1, 0.15) is 6.33 Å². The van der Waals surface area contributed by atoms with Crippen LogP contribution in [-0.2, 0) is 9.47 Å². The molecule has 0 bridgehead atoms. The molecule has 2 aromatic rings. The molecule has 0 amide bonds. The molecule has 0 aliphatic heterocycles. The van der Waals surface area contributed by atoms with E-state index in [0.717, 1.165) is 16.5 Å². The lowest BCUT2D eigenvalue weighted by Crippen LogP contribution is -2.02. The van der Waals surface area contributed by atoms with Crippen LogP contribution in [0.5, 0.6) is 0 Å². The first-order valence-corrected chi connectivity index (χ1v) is 6.15. The largest absolute Gasteiger partial charge is 0.382 e. The molecular weight excluding hydrogens is 240 g/mol. The SMILES string of the molecule is COCCOCCC#Cc1ccc2ncncc2c1. The van der Waals surface area contributed by atoms with E-state index in [0.29, 0.717) is 26.2 Å². The second-order valence-electron chi connectivity index (χ2n) is 3.95. The Morgan fingerprint density at radius 1 is 1.21 bits per heavy atom. The summed E-state index contributed by atoms with van der Waals surface area (Å²) in [5.74, 6) is 6.20. The van der Waals surface area contributed by atoms with Gasteiger partial charge in [0.2, 0.25) is 0 Å². The molecule has 0 saturated heterocycles. The fraction of sp³-hybridized carbons (Fsp3) is 0.333. The molecule has 19 heavy (non-hydrogen) atoms. The summed E-state index contributed by atoms with van der Waals surface area (Å²) in [6.07, 6.45) is 4.06. The monoisotopic (exact) mass is 256 g/mol. The summed E-state index contributed by atoms with van der Waals surface area (Å²) in [6, 6.07) is 5.92. The number of aromatic nitrogens is 2. The lowest BCUT2D eigenvalue weighted by molar-refractivity contribution is 0.0737. The van der Waals surface area contributed by atoms with Gasteiger partial charge >= 0.3 is 0 Å². The topological polar surface area (TPSA) is 44.2 Å². The van der Waals surface area contributed by atoms with Crippen molar-refractivity contribution in [1.82, 2.24) is 9.97 Å². The summed E-state index contributed by atoms with van der Waals surface area (Å²) in [4.78, 5) is 8.17. The molecular formula is C15H16N2O2. The van der Waals surface area contributed by atoms with Gasteiger partial charge in [0.15, 0.2) is 0 Å². The van der Waals surface area contributed by atoms with E-state index in [4.69, 9.17) is 9.47 Å². The smallest absolute Gasteiger partial charge is 0.116 e. The van der Waals surface area contributed by atoms with Crippen molar-refractivity contribution in [2.24, 2.45) is 0 Å². The van der Waals surface area contributed by atoms with Gasteiger partial charge in [0.25, 0.3) is 0 Å². The van der Waals surface area contributed by atoms with Gasteiger partial charge in [0, 0.05) is 30.7 Å². The minimum Gasteiger partial charge on any atom is -0.382 e. The Labute approximate surface area is 112 Å². The predicted octanol–water partition coefficient (Wildman–Crippen LogP) is 2.03. The third-order valence-electron chi connectivity index (χ3n) is 2.54. The van der Waals surface area contributed by atoms with Crippen LogP contribution in [0.3, 0.4) is 0 Å². The summed E-state index contributed by atoms with van der Waals surface area (Å²) in [7, 11) is 1.66. The average molecular weight is 256 g/mol. The maximum Gasteiger partial charge on any atom is 0.116 e. The van der Waals surface area contributed by atoms with Crippen molar-refractivity contribution in [3.05, 3.63) is 36.3 Å². The van der Waals surface area contributed by atoms with Crippen LogP contribution < -0.4 is 0 Å². The summed E-state index contributed by atoms with van der Waals surface area (Å²) >= 11 is 0. The average Bonchev–Trinajstić information content (AvgIpc) is 2.46. The minimum absolute atomic E-state index is 0.617. The van der Waals surface area contributed by atoms with Crippen molar-refractivity contribution in [2.75, 3.05) is 26.9 Å². The molecule has 0 aliphatic rings. The third kappa shape index (κ3) is 4.32. The van der Waals surface area contributed by atoms with Crippen molar-refractivity contribution < 1.29 is 9.47 Å². The first kappa shape index (κ1) is 13.5. The second-order valence-corrected chi connectivity index (χ2v) is 3.95. The molecule has 0 radical (unpaired) electrons. The van der Waals surface area contributed by atoms with Gasteiger partial charge in [-0.25, -0.2) is 9.97 Å². The van der Waals surface area contributed by atoms with Crippen LogP contribution in [0.25, 0.3) is 10.9 Å². The van der Waals surface area contributed by atoms with Crippen molar-refractivity contribution in [2.45, 2.75) is 6.42 Å². The number of ether oxygens (including phenoxy) is 2. The maximum atomic E-state index is 5.33. The van der Waals surface area contributed by atoms with Crippen LogP contribution in [0.1, 0.15) is 12.0 Å². The molecule has 0 fully saturated rings. The van der Waals surface area contributed by atoms with Crippen LogP contribution in [0.4, 0.5) is 0 Å². The zero-order valence-corrected chi connectivity index (χ0v) is 10.9. The summed E-state index contributed by atoms with van der Waals surface area (Å²) in [6.45, 7) is 1.87. The van der Waals surface area contributed by atoms with Crippen LogP contribution >= 0.6 is 0 Å². The van der Waals surface area contributed by atoms with Gasteiger partial charge in [-0.1, -0.05) is 11.8 Å². The van der Waals surface area contributed by atoms with Gasteiger partial charge in [-0.05, 0) is 18.2 Å². The highest BCUT2D eigenvalue weighted by molar-refractivity contribution is 5.78. The molecule has 0 saturated carbocycles. The molecule has 0 spiro atoms. The van der Waals surface area contributed by atoms with E-state index in [-0.39, 0.29) is 0 Å². The number of benzene rings is 1. The highest BCUT2D eigenvalue weighted by atomic mass is 16.5. The first-order chi connectivity index (χ1) is 9.40. The highest BCUT2D eigenvalue weighted by Crippen LogP contribution is 2.11. The molecule has 98 valence electrons. The van der Waals surface area contributed by atoms with Crippen LogP contribution in [0.15, 0.2) is 30.7 Å². The molecule has 0 aliphatic carbocycles. The number of hydrogen-bond acceptors (Lipinski definition) is 4. The number of fused-ring (bicyclic) bond motifs is 1.